The minimum atomic E-state index is -5.81. The summed E-state index contributed by atoms with van der Waals surface area (Å²) >= 11 is 2.54. The molecule has 0 fully saturated rings. The molecule has 1 aromatic carbocycles. The van der Waals surface area contributed by atoms with Crippen LogP contribution in [0, 0.1) is 0 Å². The lowest BCUT2D eigenvalue weighted by Crippen LogP contribution is -2.45. The number of benzene rings is 1. The van der Waals surface area contributed by atoms with Crippen molar-refractivity contribution in [2.75, 3.05) is 0 Å². The Kier molecular flexibility index (Phi) is 4.31. The summed E-state index contributed by atoms with van der Waals surface area (Å²) in [5.41, 5.74) is -0.480. The molecule has 1 aromatic rings. The second kappa shape index (κ2) is 5.66. The number of hydrogen-bond acceptors (Lipinski definition) is 3. The van der Waals surface area contributed by atoms with Crippen LogP contribution < -0.4 is 0 Å². The number of ether oxygens (including phenoxy) is 1. The van der Waals surface area contributed by atoms with Crippen LogP contribution >= 0.6 is 15.9 Å². The Bertz CT molecular complexity index is 690. The van der Waals surface area contributed by atoms with Crippen LogP contribution in [0.25, 0.3) is 0 Å². The summed E-state index contributed by atoms with van der Waals surface area (Å²) in [5, 5.41) is 0. The van der Waals surface area contributed by atoms with Gasteiger partial charge in [0, 0.05) is 11.1 Å². The van der Waals surface area contributed by atoms with Gasteiger partial charge in [-0.2, -0.15) is 26.3 Å². The number of carbonyl (C=O) groups excluding carboxylic acids is 2. The summed E-state index contributed by atoms with van der Waals surface area (Å²) in [6.07, 6.45) is -15.8. The fraction of sp³-hybridized carbons (Fsp3) is 0.231. The summed E-state index contributed by atoms with van der Waals surface area (Å²) in [4.78, 5) is 24.0. The largest absolute Gasteiger partial charge is 0.466 e. The van der Waals surface area contributed by atoms with E-state index in [1.807, 2.05) is 0 Å². The van der Waals surface area contributed by atoms with E-state index in [0.717, 1.165) is 6.07 Å². The Morgan fingerprint density at radius 2 is 1.30 bits per heavy atom. The summed E-state index contributed by atoms with van der Waals surface area (Å²) in [7, 11) is 0. The summed E-state index contributed by atoms with van der Waals surface area (Å²) in [5.74, 6) is -3.52. The van der Waals surface area contributed by atoms with Gasteiger partial charge in [-0.15, -0.1) is 0 Å². The van der Waals surface area contributed by atoms with Gasteiger partial charge in [-0.25, -0.2) is 0 Å². The van der Waals surface area contributed by atoms with Crippen LogP contribution in [0.4, 0.5) is 26.3 Å². The predicted molar refractivity (Wildman–Crippen MR) is 68.0 cm³/mol. The molecule has 2 rings (SSSR count). The van der Waals surface area contributed by atoms with Gasteiger partial charge in [0.05, 0.1) is 0 Å². The molecule has 0 aromatic heterocycles. The van der Waals surface area contributed by atoms with Crippen molar-refractivity contribution in [2.45, 2.75) is 18.5 Å². The molecule has 0 N–H and O–H groups in total. The maximum absolute atomic E-state index is 12.5. The molecule has 0 saturated heterocycles. The number of allylic oxidation sites excluding steroid dienone is 2. The summed E-state index contributed by atoms with van der Waals surface area (Å²) in [6.45, 7) is 0. The minimum absolute atomic E-state index is 0.146. The third kappa shape index (κ3) is 3.26. The first-order valence-corrected chi connectivity index (χ1v) is 6.62. The zero-order valence-corrected chi connectivity index (χ0v) is 12.3. The van der Waals surface area contributed by atoms with Gasteiger partial charge in [0.25, 0.3) is 6.10 Å². The zero-order valence-electron chi connectivity index (χ0n) is 10.8. The van der Waals surface area contributed by atoms with Crippen molar-refractivity contribution >= 4 is 27.5 Å². The Morgan fingerprint density at radius 1 is 0.870 bits per heavy atom. The third-order valence-corrected chi connectivity index (χ3v) is 3.57. The fourth-order valence-electron chi connectivity index (χ4n) is 1.86. The molecule has 0 spiro atoms. The molecule has 0 aliphatic heterocycles. The number of carbonyl (C=O) groups is 2. The Morgan fingerprint density at radius 3 is 1.74 bits per heavy atom. The van der Waals surface area contributed by atoms with E-state index in [1.54, 1.807) is 0 Å². The highest BCUT2D eigenvalue weighted by Gasteiger charge is 2.60. The minimum Gasteiger partial charge on any atom is -0.466 e. The van der Waals surface area contributed by atoms with E-state index in [9.17, 15) is 35.9 Å². The first kappa shape index (κ1) is 17.5. The second-order valence-corrected chi connectivity index (χ2v) is 5.22. The van der Waals surface area contributed by atoms with Crippen LogP contribution in [0.1, 0.15) is 20.7 Å². The van der Waals surface area contributed by atoms with Crippen molar-refractivity contribution in [1.82, 2.24) is 0 Å². The molecule has 0 saturated carbocycles. The number of ketones is 2. The second-order valence-electron chi connectivity index (χ2n) is 4.43. The molecule has 3 nitrogen and oxygen atoms in total. The lowest BCUT2D eigenvalue weighted by molar-refractivity contribution is -0.311. The molecule has 23 heavy (non-hydrogen) atoms. The van der Waals surface area contributed by atoms with Crippen LogP contribution in [0.2, 0.25) is 0 Å². The van der Waals surface area contributed by atoms with Gasteiger partial charge in [-0.05, 0) is 15.9 Å². The molecule has 0 amide bonds. The summed E-state index contributed by atoms with van der Waals surface area (Å²) in [6, 6.07) is 5.03. The number of halogens is 7. The van der Waals surface area contributed by atoms with E-state index >= 15 is 0 Å². The lowest BCUT2D eigenvalue weighted by atomic mass is 9.93. The molecule has 1 aliphatic rings. The van der Waals surface area contributed by atoms with Crippen LogP contribution in [0.5, 0.6) is 0 Å². The summed E-state index contributed by atoms with van der Waals surface area (Å²) < 4.78 is 78.3. The normalized spacial score (nSPS) is 16.0. The molecule has 0 radical (unpaired) electrons. The topological polar surface area (TPSA) is 43.4 Å². The van der Waals surface area contributed by atoms with Gasteiger partial charge < -0.3 is 4.74 Å². The SMILES string of the molecule is O=C1C(Br)=C(OC(C(F)(F)F)C(F)(F)F)C(=O)c2ccccc21. The van der Waals surface area contributed by atoms with Crippen molar-refractivity contribution in [2.24, 2.45) is 0 Å². The molecular weight excluding hydrogens is 398 g/mol. The monoisotopic (exact) mass is 402 g/mol. The molecule has 0 unspecified atom stereocenters. The van der Waals surface area contributed by atoms with Gasteiger partial charge in [0.1, 0.15) is 4.48 Å². The smallest absolute Gasteiger partial charge is 0.434 e. The molecule has 0 bridgehead atoms. The number of fused-ring (bicyclic) bond motifs is 1. The standard InChI is InChI=1S/C13H5BrF6O3/c14-7-8(21)5-3-1-2-4-6(5)9(22)10(7)23-11(12(15,16)17)13(18,19)20/h1-4,11H. The van der Waals surface area contributed by atoms with Crippen LogP contribution in [0.3, 0.4) is 0 Å². The highest BCUT2D eigenvalue weighted by Crippen LogP contribution is 2.39. The average Bonchev–Trinajstić information content (AvgIpc) is 2.42. The quantitative estimate of drug-likeness (QED) is 0.697. The lowest BCUT2D eigenvalue weighted by Gasteiger charge is -2.26. The Hall–Kier alpha value is -1.84. The molecule has 0 atom stereocenters. The van der Waals surface area contributed by atoms with E-state index in [-0.39, 0.29) is 11.1 Å². The number of hydrogen-bond donors (Lipinski definition) is 0. The van der Waals surface area contributed by atoms with Crippen molar-refractivity contribution in [3.63, 3.8) is 0 Å². The maximum Gasteiger partial charge on any atom is 0.434 e. The Labute approximate surface area is 133 Å². The van der Waals surface area contributed by atoms with Crippen LogP contribution in [-0.4, -0.2) is 30.0 Å². The van der Waals surface area contributed by atoms with Crippen molar-refractivity contribution < 1.29 is 40.7 Å². The number of Topliss-reactive ketones (excluding diaryl/α,β-unsaturated/α-hetero) is 2. The van der Waals surface area contributed by atoms with Gasteiger partial charge in [0.15, 0.2) is 5.76 Å². The van der Waals surface area contributed by atoms with Crippen molar-refractivity contribution in [1.29, 1.82) is 0 Å². The van der Waals surface area contributed by atoms with Crippen molar-refractivity contribution in [3.05, 3.63) is 45.6 Å². The highest BCUT2D eigenvalue weighted by molar-refractivity contribution is 9.12. The van der Waals surface area contributed by atoms with Gasteiger partial charge in [0.2, 0.25) is 11.6 Å². The van der Waals surface area contributed by atoms with Gasteiger partial charge in [-0.3, -0.25) is 9.59 Å². The Balaban J connectivity index is 2.49. The molecule has 0 heterocycles. The van der Waals surface area contributed by atoms with Gasteiger partial charge >= 0.3 is 12.4 Å². The fourth-order valence-corrected chi connectivity index (χ4v) is 2.35. The first-order chi connectivity index (χ1) is 10.4. The van der Waals surface area contributed by atoms with E-state index in [1.165, 1.54) is 18.2 Å². The van der Waals surface area contributed by atoms with E-state index in [0.29, 0.717) is 0 Å². The zero-order chi connectivity index (χ0) is 17.6. The van der Waals surface area contributed by atoms with Crippen LogP contribution in [0.15, 0.2) is 34.5 Å². The molecule has 124 valence electrons. The average molecular weight is 403 g/mol. The number of rotatable bonds is 2. The highest BCUT2D eigenvalue weighted by atomic mass is 79.9. The first-order valence-electron chi connectivity index (χ1n) is 5.83. The van der Waals surface area contributed by atoms with E-state index in [4.69, 9.17) is 0 Å². The maximum atomic E-state index is 12.5. The molecule has 10 heteroatoms. The van der Waals surface area contributed by atoms with E-state index in [2.05, 4.69) is 20.7 Å². The molecule has 1 aliphatic carbocycles. The van der Waals surface area contributed by atoms with Crippen molar-refractivity contribution in [3.8, 4) is 0 Å². The third-order valence-electron chi connectivity index (χ3n) is 2.85. The predicted octanol–water partition coefficient (Wildman–Crippen LogP) is 4.18. The van der Waals surface area contributed by atoms with E-state index < -0.39 is 40.3 Å². The van der Waals surface area contributed by atoms with Gasteiger partial charge in [-0.1, -0.05) is 24.3 Å². The number of alkyl halides is 6. The molecular formula is C13H5BrF6O3. The van der Waals surface area contributed by atoms with Crippen LogP contribution in [-0.2, 0) is 4.74 Å².